The third-order valence-corrected chi connectivity index (χ3v) is 13.0. The molecule has 0 bridgehead atoms. The fourth-order valence-corrected chi connectivity index (χ4v) is 1.50. The summed E-state index contributed by atoms with van der Waals surface area (Å²) in [4.78, 5) is 0. The molecule has 0 saturated carbocycles. The maximum Gasteiger partial charge on any atom is 0.0468 e. The van der Waals surface area contributed by atoms with Crippen molar-refractivity contribution in [1.29, 1.82) is 0 Å². The van der Waals surface area contributed by atoms with E-state index in [2.05, 4.69) is 67.4 Å². The Bertz CT molecular complexity index is 124. The van der Waals surface area contributed by atoms with Gasteiger partial charge in [0, 0.05) is 25.7 Å². The van der Waals surface area contributed by atoms with Crippen LogP contribution in [0.5, 0.6) is 0 Å². The molecule has 0 radical (unpaired) electrons. The Morgan fingerprint density at radius 2 is 0.789 bits per heavy atom. The van der Waals surface area contributed by atoms with Gasteiger partial charge < -0.3 is 0 Å². The molecule has 0 spiro atoms. The van der Waals surface area contributed by atoms with Crippen LogP contribution in [-0.2, 0) is 0 Å². The van der Waals surface area contributed by atoms with Crippen LogP contribution in [0.1, 0.15) is 42.0 Å². The first-order valence-electron chi connectivity index (χ1n) is 8.16. The van der Waals surface area contributed by atoms with E-state index >= 15 is 0 Å². The van der Waals surface area contributed by atoms with Gasteiger partial charge in [0.05, 0.1) is 0 Å². The first kappa shape index (κ1) is 27.9. The second-order valence-electron chi connectivity index (χ2n) is 6.74. The maximum atomic E-state index is 2.44. The van der Waals surface area contributed by atoms with Crippen molar-refractivity contribution in [3.63, 3.8) is 0 Å². The van der Waals surface area contributed by atoms with Gasteiger partial charge in [-0.25, -0.2) is 0 Å². The van der Waals surface area contributed by atoms with Crippen LogP contribution in [0.25, 0.3) is 0 Å². The molecule has 0 rings (SSSR count). The molecule has 0 aliphatic carbocycles. The Morgan fingerprint density at radius 1 is 0.632 bits per heavy atom. The van der Waals surface area contributed by atoms with Crippen molar-refractivity contribution in [3.05, 3.63) is 0 Å². The molecule has 0 amide bonds. The van der Waals surface area contributed by atoms with Crippen LogP contribution < -0.4 is 0 Å². The molecule has 122 valence electrons. The largest absolute Gasteiger partial charge is 0.0776 e. The second-order valence-corrected chi connectivity index (χ2v) is 20.2. The standard InChI is InChI=1S/2C6H16Si.C3H10Si.CH4/c2*1-5-7(3,4)6-2;1-3-4-2;/h2*5-6H2,1-4H3;3-4H2,1-2H3;1H4. The van der Waals surface area contributed by atoms with Gasteiger partial charge in [0.1, 0.15) is 0 Å². The highest BCUT2D eigenvalue weighted by Gasteiger charge is 2.13. The molecule has 0 aromatic heterocycles. The molecule has 0 fully saturated rings. The summed E-state index contributed by atoms with van der Waals surface area (Å²) >= 11 is 0. The first-order valence-corrected chi connectivity index (χ1v) is 17.4. The minimum Gasteiger partial charge on any atom is -0.0776 e. The molecule has 0 aliphatic heterocycles. The lowest BCUT2D eigenvalue weighted by molar-refractivity contribution is 1.25. The SMILES string of the molecule is C.CC[SiH2]C.CC[Si](C)(C)CC.CC[Si](C)(C)CC. The Labute approximate surface area is 131 Å². The van der Waals surface area contributed by atoms with Gasteiger partial charge in [-0.15, -0.1) is 0 Å². The lowest BCUT2D eigenvalue weighted by atomic mass is 10.9. The Kier molecular flexibility index (Phi) is 24.5. The third-order valence-electron chi connectivity index (χ3n) is 4.33. The number of hydrogen-bond acceptors (Lipinski definition) is 0. The van der Waals surface area contributed by atoms with Gasteiger partial charge in [-0.1, -0.05) is 105 Å². The molecule has 3 heteroatoms. The maximum absolute atomic E-state index is 2.44. The second kappa shape index (κ2) is 16.7. The van der Waals surface area contributed by atoms with Crippen molar-refractivity contribution in [1.82, 2.24) is 0 Å². The van der Waals surface area contributed by atoms with E-state index in [4.69, 9.17) is 0 Å². The van der Waals surface area contributed by atoms with E-state index in [1.807, 2.05) is 0 Å². The van der Waals surface area contributed by atoms with Gasteiger partial charge in [0.25, 0.3) is 0 Å². The van der Waals surface area contributed by atoms with Crippen LogP contribution in [0, 0.1) is 0 Å². The lowest BCUT2D eigenvalue weighted by Crippen LogP contribution is -2.21. The van der Waals surface area contributed by atoms with E-state index < -0.39 is 16.1 Å². The normalized spacial score (nSPS) is 11.1. The fourth-order valence-electron chi connectivity index (χ4n) is 0.500. The van der Waals surface area contributed by atoms with Gasteiger partial charge in [-0.05, 0) is 0 Å². The van der Waals surface area contributed by atoms with Gasteiger partial charge in [-0.3, -0.25) is 0 Å². The fraction of sp³-hybridized carbons (Fsp3) is 1.00. The molecule has 0 atom stereocenters. The summed E-state index contributed by atoms with van der Waals surface area (Å²) in [6.07, 6.45) is 0. The van der Waals surface area contributed by atoms with Crippen LogP contribution in [0.2, 0.25) is 63.0 Å². The van der Waals surface area contributed by atoms with Crippen molar-refractivity contribution in [2.24, 2.45) is 0 Å². The highest BCUT2D eigenvalue weighted by Crippen LogP contribution is 2.12. The molecule has 0 unspecified atom stereocenters. The minimum atomic E-state index is -0.651. The van der Waals surface area contributed by atoms with Crippen LogP contribution in [0.3, 0.4) is 0 Å². The van der Waals surface area contributed by atoms with Gasteiger partial charge in [-0.2, -0.15) is 0 Å². The summed E-state index contributed by atoms with van der Waals surface area (Å²) in [5.41, 5.74) is 0. The Hall–Kier alpha value is 0.651. The van der Waals surface area contributed by atoms with Gasteiger partial charge in [0.15, 0.2) is 0 Å². The predicted molar refractivity (Wildman–Crippen MR) is 109 cm³/mol. The molecule has 0 N–H and O–H groups in total. The summed E-state index contributed by atoms with van der Waals surface area (Å²) in [5.74, 6) is 0. The summed E-state index contributed by atoms with van der Waals surface area (Å²) in [5, 5.41) is 0. The molecule has 0 nitrogen and oxygen atoms in total. The van der Waals surface area contributed by atoms with E-state index in [1.54, 1.807) is 0 Å². The van der Waals surface area contributed by atoms with Crippen molar-refractivity contribution >= 4 is 25.7 Å². The number of hydrogen-bond donors (Lipinski definition) is 0. The summed E-state index contributed by atoms with van der Waals surface area (Å²) < 4.78 is 0. The van der Waals surface area contributed by atoms with Crippen LogP contribution in [0.15, 0.2) is 0 Å². The Morgan fingerprint density at radius 3 is 0.789 bits per heavy atom. The zero-order valence-electron chi connectivity index (χ0n) is 15.2. The van der Waals surface area contributed by atoms with E-state index in [1.165, 1.54) is 30.2 Å². The van der Waals surface area contributed by atoms with Crippen molar-refractivity contribution < 1.29 is 0 Å². The van der Waals surface area contributed by atoms with Crippen molar-refractivity contribution in [2.75, 3.05) is 0 Å². The van der Waals surface area contributed by atoms with Crippen LogP contribution in [0.4, 0.5) is 0 Å². The molecule has 0 aromatic rings. The predicted octanol–water partition coefficient (Wildman–Crippen LogP) is 6.75. The van der Waals surface area contributed by atoms with Crippen LogP contribution in [-0.4, -0.2) is 25.7 Å². The molecular weight excluding hydrogens is 276 g/mol. The third kappa shape index (κ3) is 27.7. The minimum absolute atomic E-state index is 0. The van der Waals surface area contributed by atoms with Gasteiger partial charge >= 0.3 is 0 Å². The van der Waals surface area contributed by atoms with E-state index in [0.29, 0.717) is 9.52 Å². The average molecular weight is 323 g/mol. The quantitative estimate of drug-likeness (QED) is 0.491. The number of rotatable bonds is 5. The smallest absolute Gasteiger partial charge is 0.0468 e. The lowest BCUT2D eigenvalue weighted by Gasteiger charge is -2.15. The average Bonchev–Trinajstić information content (AvgIpc) is 2.39. The van der Waals surface area contributed by atoms with Crippen LogP contribution >= 0.6 is 0 Å². The molecule has 19 heavy (non-hydrogen) atoms. The zero-order chi connectivity index (χ0) is 15.2. The summed E-state index contributed by atoms with van der Waals surface area (Å²) in [6, 6.07) is 7.19. The monoisotopic (exact) mass is 322 g/mol. The zero-order valence-corrected chi connectivity index (χ0v) is 18.7. The molecule has 0 aliphatic rings. The first-order chi connectivity index (χ1) is 8.16. The van der Waals surface area contributed by atoms with Crippen molar-refractivity contribution in [2.45, 2.75) is 105 Å². The molecule has 0 saturated heterocycles. The van der Waals surface area contributed by atoms with E-state index in [0.717, 1.165) is 0 Å². The van der Waals surface area contributed by atoms with Gasteiger partial charge in [0.2, 0.25) is 0 Å². The Balaban J connectivity index is -0.0000000900. The highest BCUT2D eigenvalue weighted by atomic mass is 28.3. The molecule has 0 heterocycles. The summed E-state index contributed by atoms with van der Waals surface area (Å²) in [7, 11) is -0.878. The van der Waals surface area contributed by atoms with E-state index in [-0.39, 0.29) is 7.43 Å². The molecule has 0 aromatic carbocycles. The van der Waals surface area contributed by atoms with E-state index in [9.17, 15) is 0 Å². The summed E-state index contributed by atoms with van der Waals surface area (Å²) in [6.45, 7) is 23.5. The molecular formula is C16H46Si3. The highest BCUT2D eigenvalue weighted by molar-refractivity contribution is 6.77. The van der Waals surface area contributed by atoms with Crippen molar-refractivity contribution in [3.8, 4) is 0 Å². The topological polar surface area (TPSA) is 0 Å².